The maximum Gasteiger partial charge on any atom is 0.136 e. The summed E-state index contributed by atoms with van der Waals surface area (Å²) in [7, 11) is 0. The predicted octanol–water partition coefficient (Wildman–Crippen LogP) is 3.67. The summed E-state index contributed by atoms with van der Waals surface area (Å²) in [6.45, 7) is 7.02. The molecule has 2 aliphatic rings. The quantitative estimate of drug-likeness (QED) is 0.676. The summed E-state index contributed by atoms with van der Waals surface area (Å²) in [5, 5.41) is 0. The number of ketones is 1. The molecular weight excluding hydrogens is 184 g/mol. The second-order valence-electron chi connectivity index (χ2n) is 5.79. The third-order valence-electron chi connectivity index (χ3n) is 5.06. The van der Waals surface area contributed by atoms with Gasteiger partial charge in [-0.2, -0.15) is 0 Å². The van der Waals surface area contributed by atoms with Crippen molar-refractivity contribution < 1.29 is 4.79 Å². The van der Waals surface area contributed by atoms with Crippen molar-refractivity contribution in [1.82, 2.24) is 0 Å². The average Bonchev–Trinajstić information content (AvgIpc) is 2.68. The van der Waals surface area contributed by atoms with Gasteiger partial charge in [0.05, 0.1) is 0 Å². The van der Waals surface area contributed by atoms with Gasteiger partial charge >= 0.3 is 0 Å². The van der Waals surface area contributed by atoms with E-state index < -0.39 is 0 Å². The fourth-order valence-electron chi connectivity index (χ4n) is 3.96. The SMILES string of the molecule is CC[C@H](C)[C@H]1CC[C@H]2C(=O)CC[C@H](C)[C@H]12. The molecule has 1 heteroatoms. The Morgan fingerprint density at radius 3 is 2.73 bits per heavy atom. The zero-order valence-corrected chi connectivity index (χ0v) is 10.3. The zero-order valence-electron chi connectivity index (χ0n) is 10.3. The summed E-state index contributed by atoms with van der Waals surface area (Å²) in [6.07, 6.45) is 5.76. The molecular formula is C14H24O. The molecule has 0 amide bonds. The van der Waals surface area contributed by atoms with Crippen LogP contribution < -0.4 is 0 Å². The predicted molar refractivity (Wildman–Crippen MR) is 62.6 cm³/mol. The van der Waals surface area contributed by atoms with Gasteiger partial charge in [-0.1, -0.05) is 27.2 Å². The van der Waals surface area contributed by atoms with E-state index in [9.17, 15) is 4.79 Å². The lowest BCUT2D eigenvalue weighted by molar-refractivity contribution is -0.128. The molecule has 0 bridgehead atoms. The van der Waals surface area contributed by atoms with Crippen molar-refractivity contribution >= 4 is 5.78 Å². The van der Waals surface area contributed by atoms with Gasteiger partial charge in [-0.3, -0.25) is 4.79 Å². The molecule has 15 heavy (non-hydrogen) atoms. The van der Waals surface area contributed by atoms with Gasteiger partial charge in [-0.05, 0) is 42.9 Å². The van der Waals surface area contributed by atoms with Crippen molar-refractivity contribution in [1.29, 1.82) is 0 Å². The molecule has 0 aromatic carbocycles. The van der Waals surface area contributed by atoms with Gasteiger partial charge in [0.15, 0.2) is 0 Å². The number of fused-ring (bicyclic) bond motifs is 1. The molecule has 2 aliphatic carbocycles. The fourth-order valence-corrected chi connectivity index (χ4v) is 3.96. The summed E-state index contributed by atoms with van der Waals surface area (Å²) < 4.78 is 0. The molecule has 0 aromatic rings. The first-order valence-corrected chi connectivity index (χ1v) is 6.67. The van der Waals surface area contributed by atoms with E-state index in [1.54, 1.807) is 0 Å². The van der Waals surface area contributed by atoms with Gasteiger partial charge < -0.3 is 0 Å². The van der Waals surface area contributed by atoms with Gasteiger partial charge in [0.1, 0.15) is 5.78 Å². The molecule has 0 heterocycles. The Kier molecular flexibility index (Phi) is 3.18. The number of Topliss-reactive ketones (excluding diaryl/α,β-unsaturated/α-hetero) is 1. The van der Waals surface area contributed by atoms with Gasteiger partial charge in [-0.15, -0.1) is 0 Å². The molecule has 0 saturated heterocycles. The lowest BCUT2D eigenvalue weighted by Gasteiger charge is -2.36. The minimum absolute atomic E-state index is 0.438. The normalized spacial score (nSPS) is 42.7. The van der Waals surface area contributed by atoms with Crippen LogP contribution in [-0.4, -0.2) is 5.78 Å². The standard InChI is InChI=1S/C14H24O/c1-4-9(2)11-6-7-12-13(15)8-5-10(3)14(11)12/h9-12,14H,4-8H2,1-3H3/t9-,10-,11+,12-,14+/m0/s1. The van der Waals surface area contributed by atoms with E-state index in [1.165, 1.54) is 19.3 Å². The van der Waals surface area contributed by atoms with Crippen LogP contribution in [0.15, 0.2) is 0 Å². The largest absolute Gasteiger partial charge is 0.299 e. The fraction of sp³-hybridized carbons (Fsp3) is 0.929. The summed E-state index contributed by atoms with van der Waals surface area (Å²) in [5.41, 5.74) is 0. The van der Waals surface area contributed by atoms with Crippen molar-refractivity contribution in [2.75, 3.05) is 0 Å². The van der Waals surface area contributed by atoms with Crippen molar-refractivity contribution in [3.8, 4) is 0 Å². The molecule has 5 atom stereocenters. The zero-order chi connectivity index (χ0) is 11.0. The number of rotatable bonds is 2. The Hall–Kier alpha value is -0.330. The summed E-state index contributed by atoms with van der Waals surface area (Å²) in [6, 6.07) is 0. The third kappa shape index (κ3) is 1.86. The molecule has 86 valence electrons. The molecule has 2 saturated carbocycles. The van der Waals surface area contributed by atoms with Gasteiger partial charge in [-0.25, -0.2) is 0 Å². The lowest BCUT2D eigenvalue weighted by atomic mass is 9.68. The monoisotopic (exact) mass is 208 g/mol. The molecule has 1 nitrogen and oxygen atoms in total. The Morgan fingerprint density at radius 1 is 1.33 bits per heavy atom. The summed E-state index contributed by atoms with van der Waals surface area (Å²) in [4.78, 5) is 11.9. The third-order valence-corrected chi connectivity index (χ3v) is 5.06. The smallest absolute Gasteiger partial charge is 0.136 e. The van der Waals surface area contributed by atoms with Crippen molar-refractivity contribution in [3.05, 3.63) is 0 Å². The number of carbonyl (C=O) groups is 1. The molecule has 2 rings (SSSR count). The molecule has 0 N–H and O–H groups in total. The minimum atomic E-state index is 0.438. The maximum atomic E-state index is 11.9. The number of hydrogen-bond acceptors (Lipinski definition) is 1. The first-order valence-electron chi connectivity index (χ1n) is 6.67. The summed E-state index contributed by atoms with van der Waals surface area (Å²) in [5.74, 6) is 4.17. The van der Waals surface area contributed by atoms with E-state index in [2.05, 4.69) is 20.8 Å². The van der Waals surface area contributed by atoms with Gasteiger partial charge in [0.25, 0.3) is 0 Å². The van der Waals surface area contributed by atoms with Crippen LogP contribution in [0.3, 0.4) is 0 Å². The van der Waals surface area contributed by atoms with Crippen LogP contribution in [0.25, 0.3) is 0 Å². The van der Waals surface area contributed by atoms with E-state index in [4.69, 9.17) is 0 Å². The van der Waals surface area contributed by atoms with E-state index in [0.29, 0.717) is 11.7 Å². The second kappa shape index (κ2) is 4.27. The molecule has 2 fully saturated rings. The van der Waals surface area contributed by atoms with Crippen LogP contribution in [-0.2, 0) is 4.79 Å². The first kappa shape index (κ1) is 11.2. The molecule has 0 unspecified atom stereocenters. The van der Waals surface area contributed by atoms with E-state index in [-0.39, 0.29) is 0 Å². The van der Waals surface area contributed by atoms with Crippen molar-refractivity contribution in [2.24, 2.45) is 29.6 Å². The average molecular weight is 208 g/mol. The molecule has 0 spiro atoms. The van der Waals surface area contributed by atoms with Crippen molar-refractivity contribution in [3.63, 3.8) is 0 Å². The summed E-state index contributed by atoms with van der Waals surface area (Å²) >= 11 is 0. The first-order chi connectivity index (χ1) is 7.15. The highest BCUT2D eigenvalue weighted by atomic mass is 16.1. The Bertz CT molecular complexity index is 246. The van der Waals surface area contributed by atoms with E-state index in [0.717, 1.165) is 36.5 Å². The highest BCUT2D eigenvalue weighted by molar-refractivity contribution is 5.82. The molecule has 0 aliphatic heterocycles. The van der Waals surface area contributed by atoms with Crippen LogP contribution in [0.2, 0.25) is 0 Å². The Labute approximate surface area is 93.6 Å². The highest BCUT2D eigenvalue weighted by Gasteiger charge is 2.46. The number of hydrogen-bond donors (Lipinski definition) is 0. The van der Waals surface area contributed by atoms with E-state index in [1.807, 2.05) is 0 Å². The van der Waals surface area contributed by atoms with Crippen LogP contribution in [0.4, 0.5) is 0 Å². The van der Waals surface area contributed by atoms with Gasteiger partial charge in [0, 0.05) is 12.3 Å². The van der Waals surface area contributed by atoms with Crippen LogP contribution in [0, 0.1) is 29.6 Å². The second-order valence-corrected chi connectivity index (χ2v) is 5.79. The molecule has 0 aromatic heterocycles. The lowest BCUT2D eigenvalue weighted by Crippen LogP contribution is -2.34. The van der Waals surface area contributed by atoms with Crippen LogP contribution in [0.5, 0.6) is 0 Å². The Balaban J connectivity index is 2.14. The molecule has 0 radical (unpaired) electrons. The Morgan fingerprint density at radius 2 is 2.07 bits per heavy atom. The van der Waals surface area contributed by atoms with E-state index >= 15 is 0 Å². The van der Waals surface area contributed by atoms with Crippen LogP contribution >= 0.6 is 0 Å². The van der Waals surface area contributed by atoms with Gasteiger partial charge in [0.2, 0.25) is 0 Å². The van der Waals surface area contributed by atoms with Crippen LogP contribution in [0.1, 0.15) is 52.9 Å². The van der Waals surface area contributed by atoms with Crippen molar-refractivity contribution in [2.45, 2.75) is 52.9 Å². The topological polar surface area (TPSA) is 17.1 Å². The minimum Gasteiger partial charge on any atom is -0.299 e. The highest BCUT2D eigenvalue weighted by Crippen LogP contribution is 2.50. The number of carbonyl (C=O) groups excluding carboxylic acids is 1. The maximum absolute atomic E-state index is 11.9.